The molecule has 0 radical (unpaired) electrons. The third kappa shape index (κ3) is 6.12. The van der Waals surface area contributed by atoms with Crippen molar-refractivity contribution in [1.29, 1.82) is 0 Å². The molecule has 0 aliphatic carbocycles. The summed E-state index contributed by atoms with van der Waals surface area (Å²) < 4.78 is 5.54. The van der Waals surface area contributed by atoms with Crippen molar-refractivity contribution < 1.29 is 24.2 Å². The number of methoxy groups -OCH3 is 1. The minimum Gasteiger partial charge on any atom is -0.496 e. The van der Waals surface area contributed by atoms with E-state index in [2.05, 4.69) is 12.1 Å². The predicted octanol–water partition coefficient (Wildman–Crippen LogP) is 4.55. The van der Waals surface area contributed by atoms with Crippen LogP contribution in [-0.4, -0.2) is 55.0 Å². The number of carbonyl (C=O) groups is 3. The molecular weight excluding hydrogens is 420 g/mol. The number of aryl methyl sites for hydroxylation is 1. The van der Waals surface area contributed by atoms with Crippen LogP contribution >= 0.6 is 0 Å². The maximum Gasteiger partial charge on any atom is 0.407 e. The van der Waals surface area contributed by atoms with Gasteiger partial charge in [0.25, 0.3) is 0 Å². The molecule has 0 saturated heterocycles. The summed E-state index contributed by atoms with van der Waals surface area (Å²) in [6.07, 6.45) is 4.01. The molecule has 0 atom stereocenters. The van der Waals surface area contributed by atoms with Gasteiger partial charge in [0.1, 0.15) is 12.0 Å². The van der Waals surface area contributed by atoms with Crippen LogP contribution in [0.5, 0.6) is 5.75 Å². The van der Waals surface area contributed by atoms with Gasteiger partial charge in [-0.25, -0.2) is 4.79 Å². The summed E-state index contributed by atoms with van der Waals surface area (Å²) in [5.41, 5.74) is 5.35. The van der Waals surface area contributed by atoms with E-state index in [1.165, 1.54) is 10.5 Å². The quantitative estimate of drug-likeness (QED) is 0.399. The van der Waals surface area contributed by atoms with Crippen LogP contribution in [0, 0.1) is 0 Å². The van der Waals surface area contributed by atoms with Gasteiger partial charge in [-0.2, -0.15) is 0 Å². The topological polar surface area (TPSA) is 87.2 Å². The third-order valence-corrected chi connectivity index (χ3v) is 6.11. The van der Waals surface area contributed by atoms with E-state index < -0.39 is 6.09 Å². The van der Waals surface area contributed by atoms with E-state index in [0.717, 1.165) is 47.4 Å². The SMILES string of the molecule is COc1ccc(-c2ccc3c(c2)CCN3C(C)=O)cc1CCCN(CCCCC=O)C(=O)O. The van der Waals surface area contributed by atoms with Gasteiger partial charge >= 0.3 is 6.09 Å². The van der Waals surface area contributed by atoms with Gasteiger partial charge < -0.3 is 24.4 Å². The lowest BCUT2D eigenvalue weighted by molar-refractivity contribution is -0.116. The molecule has 1 N–H and O–H groups in total. The zero-order chi connectivity index (χ0) is 23.8. The highest BCUT2D eigenvalue weighted by Gasteiger charge is 2.22. The number of carboxylic acid groups (broad SMARTS) is 1. The number of anilines is 1. The molecule has 176 valence electrons. The van der Waals surface area contributed by atoms with Crippen LogP contribution in [0.1, 0.15) is 43.7 Å². The summed E-state index contributed by atoms with van der Waals surface area (Å²) in [4.78, 5) is 37.0. The molecule has 0 aromatic heterocycles. The normalized spacial score (nSPS) is 12.4. The lowest BCUT2D eigenvalue weighted by Crippen LogP contribution is -2.31. The van der Waals surface area contributed by atoms with Crippen molar-refractivity contribution in [2.24, 2.45) is 0 Å². The van der Waals surface area contributed by atoms with Gasteiger partial charge in [-0.05, 0) is 78.6 Å². The zero-order valence-corrected chi connectivity index (χ0v) is 19.4. The van der Waals surface area contributed by atoms with Gasteiger partial charge in [0, 0.05) is 38.7 Å². The van der Waals surface area contributed by atoms with E-state index in [9.17, 15) is 19.5 Å². The fourth-order valence-electron chi connectivity index (χ4n) is 4.36. The van der Waals surface area contributed by atoms with Gasteiger partial charge in [-0.3, -0.25) is 4.79 Å². The Hall–Kier alpha value is -3.35. The van der Waals surface area contributed by atoms with Crippen molar-refractivity contribution in [1.82, 2.24) is 4.90 Å². The molecule has 0 spiro atoms. The van der Waals surface area contributed by atoms with Gasteiger partial charge in [0.2, 0.25) is 5.91 Å². The highest BCUT2D eigenvalue weighted by atomic mass is 16.5. The van der Waals surface area contributed by atoms with E-state index in [0.29, 0.717) is 45.2 Å². The molecule has 2 amide bonds. The summed E-state index contributed by atoms with van der Waals surface area (Å²) in [5.74, 6) is 0.850. The second-order valence-electron chi connectivity index (χ2n) is 8.33. The van der Waals surface area contributed by atoms with E-state index in [-0.39, 0.29) is 5.91 Å². The first-order valence-electron chi connectivity index (χ1n) is 11.4. The summed E-state index contributed by atoms with van der Waals surface area (Å²) in [6, 6.07) is 12.3. The van der Waals surface area contributed by atoms with E-state index in [1.54, 1.807) is 14.0 Å². The Balaban J connectivity index is 1.69. The number of ether oxygens (including phenoxy) is 1. The number of unbranched alkanes of at least 4 members (excludes halogenated alkanes) is 2. The molecule has 0 bridgehead atoms. The monoisotopic (exact) mass is 452 g/mol. The number of amides is 2. The Labute approximate surface area is 195 Å². The molecule has 33 heavy (non-hydrogen) atoms. The zero-order valence-electron chi connectivity index (χ0n) is 19.4. The van der Waals surface area contributed by atoms with E-state index in [4.69, 9.17) is 4.74 Å². The molecule has 0 unspecified atom stereocenters. The average molecular weight is 453 g/mol. The van der Waals surface area contributed by atoms with Crippen LogP contribution in [0.15, 0.2) is 36.4 Å². The summed E-state index contributed by atoms with van der Waals surface area (Å²) in [5, 5.41) is 9.46. The van der Waals surface area contributed by atoms with Crippen molar-refractivity contribution >= 4 is 24.0 Å². The number of hydrogen-bond acceptors (Lipinski definition) is 4. The molecule has 2 aromatic rings. The Bertz CT molecular complexity index is 1000. The Kier molecular flexibility index (Phi) is 8.46. The predicted molar refractivity (Wildman–Crippen MR) is 128 cm³/mol. The minimum absolute atomic E-state index is 0.0624. The molecule has 1 aliphatic rings. The van der Waals surface area contributed by atoms with Gasteiger partial charge in [0.05, 0.1) is 7.11 Å². The Morgan fingerprint density at radius 1 is 1.09 bits per heavy atom. The minimum atomic E-state index is -0.931. The second-order valence-corrected chi connectivity index (χ2v) is 8.33. The van der Waals surface area contributed by atoms with Crippen molar-refractivity contribution in [3.63, 3.8) is 0 Å². The Morgan fingerprint density at radius 3 is 2.52 bits per heavy atom. The number of rotatable bonds is 11. The molecule has 1 aliphatic heterocycles. The van der Waals surface area contributed by atoms with Crippen molar-refractivity contribution in [2.45, 2.75) is 45.4 Å². The van der Waals surface area contributed by atoms with Crippen LogP contribution < -0.4 is 9.64 Å². The number of nitrogens with zero attached hydrogens (tertiary/aromatic N) is 2. The number of fused-ring (bicyclic) bond motifs is 1. The standard InChI is InChI=1S/C26H32N2O5/c1-19(30)28-15-12-22-17-20(8-10-24(22)28)21-9-11-25(33-2)23(18-21)7-6-14-27(26(31)32)13-4-3-5-16-29/h8-11,16-18H,3-7,12-15H2,1-2H3,(H,31,32). The smallest absolute Gasteiger partial charge is 0.407 e. The van der Waals surface area contributed by atoms with Gasteiger partial charge in [0.15, 0.2) is 0 Å². The van der Waals surface area contributed by atoms with E-state index in [1.807, 2.05) is 29.2 Å². The first kappa shape index (κ1) is 24.3. The van der Waals surface area contributed by atoms with Crippen LogP contribution in [0.3, 0.4) is 0 Å². The lowest BCUT2D eigenvalue weighted by atomic mass is 9.98. The molecule has 7 nitrogen and oxygen atoms in total. The van der Waals surface area contributed by atoms with Gasteiger partial charge in [-0.1, -0.05) is 12.1 Å². The summed E-state index contributed by atoms with van der Waals surface area (Å²) >= 11 is 0. The number of carbonyl (C=O) groups excluding carboxylic acids is 2. The number of benzene rings is 2. The maximum absolute atomic E-state index is 11.8. The highest BCUT2D eigenvalue weighted by Crippen LogP contribution is 2.34. The largest absolute Gasteiger partial charge is 0.496 e. The summed E-state index contributed by atoms with van der Waals surface area (Å²) in [7, 11) is 1.64. The first-order valence-corrected chi connectivity index (χ1v) is 11.4. The van der Waals surface area contributed by atoms with Gasteiger partial charge in [-0.15, -0.1) is 0 Å². The fourth-order valence-corrected chi connectivity index (χ4v) is 4.36. The summed E-state index contributed by atoms with van der Waals surface area (Å²) in [6.45, 7) is 3.18. The van der Waals surface area contributed by atoms with Crippen molar-refractivity contribution in [3.05, 3.63) is 47.5 Å². The molecular formula is C26H32N2O5. The lowest BCUT2D eigenvalue weighted by Gasteiger charge is -2.19. The molecule has 0 saturated carbocycles. The van der Waals surface area contributed by atoms with Crippen LogP contribution in [-0.2, 0) is 22.4 Å². The van der Waals surface area contributed by atoms with Crippen LogP contribution in [0.2, 0.25) is 0 Å². The molecule has 0 fully saturated rings. The molecule has 3 rings (SSSR count). The van der Waals surface area contributed by atoms with Crippen molar-refractivity contribution in [2.75, 3.05) is 31.6 Å². The molecule has 1 heterocycles. The average Bonchev–Trinajstić information content (AvgIpc) is 3.24. The molecule has 7 heteroatoms. The number of hydrogen-bond donors (Lipinski definition) is 1. The van der Waals surface area contributed by atoms with E-state index >= 15 is 0 Å². The maximum atomic E-state index is 11.8. The third-order valence-electron chi connectivity index (χ3n) is 6.11. The second kappa shape index (κ2) is 11.5. The van der Waals surface area contributed by atoms with Crippen LogP contribution in [0.4, 0.5) is 10.5 Å². The Morgan fingerprint density at radius 2 is 1.82 bits per heavy atom. The first-order chi connectivity index (χ1) is 15.9. The molecule has 2 aromatic carbocycles. The fraction of sp³-hybridized carbons (Fsp3) is 0.423. The van der Waals surface area contributed by atoms with Crippen molar-refractivity contribution in [3.8, 4) is 16.9 Å². The highest BCUT2D eigenvalue weighted by molar-refractivity contribution is 5.94. The van der Waals surface area contributed by atoms with Crippen LogP contribution in [0.25, 0.3) is 11.1 Å². The number of aldehydes is 1.